The molecular formula is C30H60O6. The summed E-state index contributed by atoms with van der Waals surface area (Å²) in [5, 5.41) is 39.8. The third-order valence-corrected chi connectivity index (χ3v) is 7.78. The van der Waals surface area contributed by atoms with Crippen LogP contribution < -0.4 is 0 Å². The minimum atomic E-state index is -1.38. The van der Waals surface area contributed by atoms with Crippen molar-refractivity contribution in [1.29, 1.82) is 0 Å². The highest BCUT2D eigenvalue weighted by molar-refractivity contribution is 4.89. The van der Waals surface area contributed by atoms with E-state index in [0.29, 0.717) is 12.5 Å². The van der Waals surface area contributed by atoms with Crippen LogP contribution >= 0.6 is 0 Å². The number of hydrogen-bond acceptors (Lipinski definition) is 6. The Balaban J connectivity index is 2.35. The smallest absolute Gasteiger partial charge is 0.186 e. The summed E-state index contributed by atoms with van der Waals surface area (Å²) in [5.41, 5.74) is 0. The maximum atomic E-state index is 10.3. The first kappa shape index (κ1) is 33.8. The van der Waals surface area contributed by atoms with Gasteiger partial charge >= 0.3 is 0 Å². The minimum absolute atomic E-state index is 0.395. The topological polar surface area (TPSA) is 99.4 Å². The zero-order valence-corrected chi connectivity index (χ0v) is 23.6. The predicted octanol–water partition coefficient (Wildman–Crippen LogP) is 6.26. The first-order valence-electron chi connectivity index (χ1n) is 15.5. The van der Waals surface area contributed by atoms with Crippen molar-refractivity contribution < 1.29 is 29.9 Å². The summed E-state index contributed by atoms with van der Waals surface area (Å²) in [4.78, 5) is 0. The molecule has 0 radical (unpaired) electrons. The van der Waals surface area contributed by atoms with Gasteiger partial charge < -0.3 is 29.9 Å². The van der Waals surface area contributed by atoms with Crippen LogP contribution in [0.3, 0.4) is 0 Å². The molecule has 0 saturated carbocycles. The van der Waals surface area contributed by atoms with Crippen LogP contribution in [0.4, 0.5) is 0 Å². The van der Waals surface area contributed by atoms with E-state index in [4.69, 9.17) is 9.47 Å². The highest BCUT2D eigenvalue weighted by Gasteiger charge is 2.44. The molecule has 1 fully saturated rings. The predicted molar refractivity (Wildman–Crippen MR) is 147 cm³/mol. The van der Waals surface area contributed by atoms with Crippen molar-refractivity contribution in [3.63, 3.8) is 0 Å². The lowest BCUT2D eigenvalue weighted by atomic mass is 9.94. The zero-order valence-electron chi connectivity index (χ0n) is 23.6. The molecule has 0 aromatic carbocycles. The molecule has 6 nitrogen and oxygen atoms in total. The zero-order chi connectivity index (χ0) is 26.4. The van der Waals surface area contributed by atoms with E-state index >= 15 is 0 Å². The average Bonchev–Trinajstić information content (AvgIpc) is 2.88. The van der Waals surface area contributed by atoms with Gasteiger partial charge in [0.2, 0.25) is 0 Å². The van der Waals surface area contributed by atoms with E-state index in [1.54, 1.807) is 0 Å². The first-order valence-corrected chi connectivity index (χ1v) is 15.5. The lowest BCUT2D eigenvalue weighted by molar-refractivity contribution is -0.303. The summed E-state index contributed by atoms with van der Waals surface area (Å²) >= 11 is 0. The van der Waals surface area contributed by atoms with Gasteiger partial charge in [-0.05, 0) is 18.8 Å². The van der Waals surface area contributed by atoms with Crippen LogP contribution in [0.1, 0.15) is 142 Å². The van der Waals surface area contributed by atoms with Crippen molar-refractivity contribution in [1.82, 2.24) is 0 Å². The van der Waals surface area contributed by atoms with Gasteiger partial charge in [-0.25, -0.2) is 0 Å². The number of aliphatic hydroxyl groups excluding tert-OH is 4. The molecule has 36 heavy (non-hydrogen) atoms. The molecule has 1 rings (SSSR count). The van der Waals surface area contributed by atoms with Crippen molar-refractivity contribution in [2.45, 2.75) is 173 Å². The molecule has 4 N–H and O–H groups in total. The molecule has 0 spiro atoms. The number of rotatable bonds is 24. The lowest BCUT2D eigenvalue weighted by Gasteiger charge is -2.40. The lowest BCUT2D eigenvalue weighted by Crippen LogP contribution is -2.59. The molecular weight excluding hydrogens is 456 g/mol. The second kappa shape index (κ2) is 22.7. The Morgan fingerprint density at radius 1 is 0.583 bits per heavy atom. The van der Waals surface area contributed by atoms with E-state index in [-0.39, 0.29) is 0 Å². The largest absolute Gasteiger partial charge is 0.394 e. The fourth-order valence-corrected chi connectivity index (χ4v) is 5.23. The van der Waals surface area contributed by atoms with E-state index in [2.05, 4.69) is 13.8 Å². The highest BCUT2D eigenvalue weighted by Crippen LogP contribution is 2.25. The maximum absolute atomic E-state index is 10.3. The maximum Gasteiger partial charge on any atom is 0.186 e. The Morgan fingerprint density at radius 2 is 1.00 bits per heavy atom. The molecule has 0 aliphatic carbocycles. The van der Waals surface area contributed by atoms with Crippen LogP contribution in [0.2, 0.25) is 0 Å². The van der Waals surface area contributed by atoms with Gasteiger partial charge in [0.15, 0.2) is 6.29 Å². The normalized spacial score (nSPS) is 25.3. The summed E-state index contributed by atoms with van der Waals surface area (Å²) in [6.07, 6.45) is 19.8. The van der Waals surface area contributed by atoms with Crippen molar-refractivity contribution in [2.75, 3.05) is 13.2 Å². The molecule has 1 aliphatic rings. The van der Waals surface area contributed by atoms with E-state index in [9.17, 15) is 20.4 Å². The van der Waals surface area contributed by atoms with Crippen molar-refractivity contribution >= 4 is 0 Å². The van der Waals surface area contributed by atoms with Gasteiger partial charge in [-0.2, -0.15) is 0 Å². The highest BCUT2D eigenvalue weighted by atomic mass is 16.7. The molecule has 0 aromatic heterocycles. The van der Waals surface area contributed by atoms with Gasteiger partial charge in [0.1, 0.15) is 24.4 Å². The molecule has 0 amide bonds. The minimum Gasteiger partial charge on any atom is -0.394 e. The summed E-state index contributed by atoms with van der Waals surface area (Å²) < 4.78 is 11.5. The van der Waals surface area contributed by atoms with Gasteiger partial charge in [0.25, 0.3) is 0 Å². The van der Waals surface area contributed by atoms with E-state index in [0.717, 1.165) is 12.8 Å². The van der Waals surface area contributed by atoms with Gasteiger partial charge in [-0.1, -0.05) is 129 Å². The SMILES string of the molecule is CCCCCCCCCCCCC(CCCCCCCCCC)CO[C@H]1O[C@H](CO)[C@@H](O)[C@H](O)[C@H]1O. The Bertz CT molecular complexity index is 474. The summed E-state index contributed by atoms with van der Waals surface area (Å²) in [6.45, 7) is 4.56. The van der Waals surface area contributed by atoms with E-state index in [1.165, 1.54) is 116 Å². The molecule has 1 unspecified atom stereocenters. The molecule has 6 atom stereocenters. The number of unbranched alkanes of at least 4 members (excludes halogenated alkanes) is 16. The van der Waals surface area contributed by atoms with Gasteiger partial charge in [0, 0.05) is 0 Å². The van der Waals surface area contributed by atoms with Gasteiger partial charge in [0.05, 0.1) is 13.2 Å². The molecule has 216 valence electrons. The first-order chi connectivity index (χ1) is 17.5. The van der Waals surface area contributed by atoms with Crippen molar-refractivity contribution in [2.24, 2.45) is 5.92 Å². The standard InChI is InChI=1S/C30H60O6/c1-3-5-7-9-11-13-14-16-18-20-22-25(21-19-17-15-12-10-8-6-4-2)24-35-30-29(34)28(33)27(32)26(23-31)36-30/h25-34H,3-24H2,1-2H3/t25?,26-,27-,28+,29-,30+/m1/s1. The Kier molecular flexibility index (Phi) is 21.3. The molecule has 0 aromatic rings. The summed E-state index contributed by atoms with van der Waals surface area (Å²) in [5.74, 6) is 0.395. The molecule has 1 saturated heterocycles. The Morgan fingerprint density at radius 3 is 1.42 bits per heavy atom. The summed E-state index contributed by atoms with van der Waals surface area (Å²) in [7, 11) is 0. The second-order valence-corrected chi connectivity index (χ2v) is 11.1. The van der Waals surface area contributed by atoms with Crippen molar-refractivity contribution in [3.8, 4) is 0 Å². The number of ether oxygens (including phenoxy) is 2. The third-order valence-electron chi connectivity index (χ3n) is 7.78. The van der Waals surface area contributed by atoms with Crippen LogP contribution in [0.25, 0.3) is 0 Å². The van der Waals surface area contributed by atoms with Gasteiger partial charge in [-0.15, -0.1) is 0 Å². The fourth-order valence-electron chi connectivity index (χ4n) is 5.23. The summed E-state index contributed by atoms with van der Waals surface area (Å²) in [6, 6.07) is 0. The monoisotopic (exact) mass is 516 g/mol. The van der Waals surface area contributed by atoms with Gasteiger partial charge in [-0.3, -0.25) is 0 Å². The average molecular weight is 517 g/mol. The molecule has 0 bridgehead atoms. The quantitative estimate of drug-likeness (QED) is 0.113. The molecule has 6 heteroatoms. The van der Waals surface area contributed by atoms with E-state index in [1.807, 2.05) is 0 Å². The van der Waals surface area contributed by atoms with Crippen molar-refractivity contribution in [3.05, 3.63) is 0 Å². The fraction of sp³-hybridized carbons (Fsp3) is 1.00. The van der Waals surface area contributed by atoms with Crippen LogP contribution in [0.5, 0.6) is 0 Å². The number of aliphatic hydroxyl groups is 4. The Labute approximate surface area is 222 Å². The number of hydrogen-bond donors (Lipinski definition) is 4. The Hall–Kier alpha value is -0.240. The molecule has 1 heterocycles. The van der Waals surface area contributed by atoms with Crippen LogP contribution in [0, 0.1) is 5.92 Å². The van der Waals surface area contributed by atoms with Crippen LogP contribution in [-0.4, -0.2) is 64.3 Å². The van der Waals surface area contributed by atoms with Crippen LogP contribution in [-0.2, 0) is 9.47 Å². The second-order valence-electron chi connectivity index (χ2n) is 11.1. The molecule has 1 aliphatic heterocycles. The van der Waals surface area contributed by atoms with Crippen LogP contribution in [0.15, 0.2) is 0 Å². The van der Waals surface area contributed by atoms with E-state index < -0.39 is 37.3 Å². The third kappa shape index (κ3) is 15.2.